The molecule has 0 saturated carbocycles. The predicted molar refractivity (Wildman–Crippen MR) is 128 cm³/mol. The van der Waals surface area contributed by atoms with E-state index in [9.17, 15) is 42.8 Å². The van der Waals surface area contributed by atoms with Crippen molar-refractivity contribution >= 4 is 44.8 Å². The number of carboxylic acids is 1. The molecule has 3 aromatic heterocycles. The highest BCUT2D eigenvalue weighted by Crippen LogP contribution is 2.36. The highest BCUT2D eigenvalue weighted by atomic mass is 32.1. The Hall–Kier alpha value is -4.72. The number of rotatable bonds is 5. The Morgan fingerprint density at radius 2 is 1.86 bits per heavy atom. The second-order valence-corrected chi connectivity index (χ2v) is 8.76. The lowest BCUT2D eigenvalue weighted by Crippen LogP contribution is -2.34. The molecule has 5 rings (SSSR count). The molecule has 3 heterocycles. The summed E-state index contributed by atoms with van der Waals surface area (Å²) in [6.07, 6.45) is -4.80. The van der Waals surface area contributed by atoms with Crippen LogP contribution in [0.3, 0.4) is 0 Å². The van der Waals surface area contributed by atoms with Crippen LogP contribution in [0.1, 0.15) is 21.6 Å². The van der Waals surface area contributed by atoms with Crippen molar-refractivity contribution in [2.75, 3.05) is 0 Å². The van der Waals surface area contributed by atoms with Crippen LogP contribution in [0.15, 0.2) is 62.8 Å². The number of nitrogens with zero attached hydrogens (tertiary/aromatic N) is 3. The summed E-state index contributed by atoms with van der Waals surface area (Å²) in [7, 11) is 0. The Bertz CT molecular complexity index is 1860. The fraction of sp³-hybridized carbons (Fsp3) is 0.0870. The van der Waals surface area contributed by atoms with Gasteiger partial charge in [-0.05, 0) is 23.8 Å². The highest BCUT2D eigenvalue weighted by Gasteiger charge is 2.33. The SMILES string of the molecule is O=C(O)c1c(-n2c(=O)[nH]c3cscc3c2=O)c2cc(C(F)(F)F)ccc2n1Cc1cccc([N+](=O)[O-])c1. The van der Waals surface area contributed by atoms with Crippen molar-refractivity contribution in [2.45, 2.75) is 12.7 Å². The van der Waals surface area contributed by atoms with E-state index in [1.165, 1.54) is 35.0 Å². The molecule has 0 saturated heterocycles. The number of nitro groups is 1. The number of hydrogen-bond donors (Lipinski definition) is 2. The number of thiophene rings is 1. The molecule has 0 aliphatic heterocycles. The first kappa shape index (κ1) is 24.0. The van der Waals surface area contributed by atoms with Gasteiger partial charge in [0.2, 0.25) is 0 Å². The molecular weight excluding hydrogens is 517 g/mol. The zero-order valence-electron chi connectivity index (χ0n) is 18.3. The van der Waals surface area contributed by atoms with Gasteiger partial charge < -0.3 is 14.7 Å². The van der Waals surface area contributed by atoms with Crippen LogP contribution in [-0.2, 0) is 12.7 Å². The van der Waals surface area contributed by atoms with Gasteiger partial charge in [-0.3, -0.25) is 14.9 Å². The third-order valence-electron chi connectivity index (χ3n) is 5.79. The van der Waals surface area contributed by atoms with Crippen molar-refractivity contribution in [3.8, 4) is 5.69 Å². The zero-order valence-corrected chi connectivity index (χ0v) is 19.1. The summed E-state index contributed by atoms with van der Waals surface area (Å²) in [4.78, 5) is 51.7. The minimum atomic E-state index is -4.80. The smallest absolute Gasteiger partial charge is 0.416 e. The second-order valence-electron chi connectivity index (χ2n) is 8.02. The van der Waals surface area contributed by atoms with Crippen molar-refractivity contribution in [3.05, 3.63) is 101 Å². The van der Waals surface area contributed by atoms with Crippen LogP contribution in [0.2, 0.25) is 0 Å². The summed E-state index contributed by atoms with van der Waals surface area (Å²) in [5.41, 5.74) is -4.07. The summed E-state index contributed by atoms with van der Waals surface area (Å²) in [6, 6.07) is 7.73. The molecule has 0 radical (unpaired) electrons. The van der Waals surface area contributed by atoms with E-state index in [0.717, 1.165) is 28.0 Å². The molecule has 188 valence electrons. The predicted octanol–water partition coefficient (Wildman–Crippen LogP) is 4.37. The molecule has 0 aliphatic rings. The molecule has 14 heteroatoms. The minimum absolute atomic E-state index is 0.0244. The van der Waals surface area contributed by atoms with E-state index in [-0.39, 0.29) is 39.6 Å². The first-order valence-electron chi connectivity index (χ1n) is 10.4. The summed E-state index contributed by atoms with van der Waals surface area (Å²) in [5, 5.41) is 24.0. The van der Waals surface area contributed by atoms with Gasteiger partial charge in [-0.25, -0.2) is 14.2 Å². The minimum Gasteiger partial charge on any atom is -0.477 e. The van der Waals surface area contributed by atoms with Crippen LogP contribution in [-0.4, -0.2) is 30.1 Å². The van der Waals surface area contributed by atoms with Gasteiger partial charge in [-0.1, -0.05) is 12.1 Å². The number of carboxylic acid groups (broad SMARTS) is 1. The lowest BCUT2D eigenvalue weighted by atomic mass is 10.1. The van der Waals surface area contributed by atoms with Gasteiger partial charge in [-0.2, -0.15) is 13.2 Å². The number of nitrogens with one attached hydrogen (secondary N) is 1. The van der Waals surface area contributed by atoms with Crippen LogP contribution in [0, 0.1) is 10.1 Å². The number of carbonyl (C=O) groups is 1. The number of aromatic carboxylic acids is 1. The van der Waals surface area contributed by atoms with Crippen LogP contribution in [0.5, 0.6) is 0 Å². The third-order valence-corrected chi connectivity index (χ3v) is 6.54. The molecule has 0 amide bonds. The first-order valence-corrected chi connectivity index (χ1v) is 11.3. The monoisotopic (exact) mass is 530 g/mol. The number of H-pyrrole nitrogens is 1. The maximum atomic E-state index is 13.6. The molecule has 0 unspecified atom stereocenters. The van der Waals surface area contributed by atoms with E-state index in [0.29, 0.717) is 10.6 Å². The molecule has 2 N–H and O–H groups in total. The third kappa shape index (κ3) is 3.96. The van der Waals surface area contributed by atoms with Crippen molar-refractivity contribution in [2.24, 2.45) is 0 Å². The van der Waals surface area contributed by atoms with Crippen LogP contribution >= 0.6 is 11.3 Å². The fourth-order valence-corrected chi connectivity index (χ4v) is 4.97. The van der Waals surface area contributed by atoms with E-state index < -0.39 is 45.3 Å². The van der Waals surface area contributed by atoms with Gasteiger partial charge in [0.05, 0.1) is 32.6 Å². The first-order chi connectivity index (χ1) is 17.5. The van der Waals surface area contributed by atoms with E-state index >= 15 is 0 Å². The van der Waals surface area contributed by atoms with Crippen LogP contribution in [0.25, 0.3) is 27.5 Å². The number of benzene rings is 2. The number of alkyl halides is 3. The molecule has 0 spiro atoms. The van der Waals surface area contributed by atoms with Crippen molar-refractivity contribution in [3.63, 3.8) is 0 Å². The van der Waals surface area contributed by atoms with Gasteiger partial charge in [0.15, 0.2) is 5.69 Å². The number of halogens is 3. The second kappa shape index (κ2) is 8.44. The quantitative estimate of drug-likeness (QED) is 0.256. The average molecular weight is 530 g/mol. The maximum absolute atomic E-state index is 13.6. The van der Waals surface area contributed by atoms with Gasteiger partial charge in [0, 0.05) is 34.8 Å². The van der Waals surface area contributed by atoms with E-state index in [1.54, 1.807) is 0 Å². The molecule has 37 heavy (non-hydrogen) atoms. The number of fused-ring (bicyclic) bond motifs is 2. The molecule has 10 nitrogen and oxygen atoms in total. The molecule has 0 fully saturated rings. The number of aromatic amines is 1. The van der Waals surface area contributed by atoms with Gasteiger partial charge in [0.25, 0.3) is 11.2 Å². The molecule has 0 bridgehead atoms. The Balaban J connectivity index is 1.90. The number of hydrogen-bond acceptors (Lipinski definition) is 6. The molecule has 0 atom stereocenters. The zero-order chi connectivity index (χ0) is 26.6. The molecule has 0 aliphatic carbocycles. The van der Waals surface area contributed by atoms with Crippen LogP contribution < -0.4 is 11.2 Å². The van der Waals surface area contributed by atoms with Gasteiger partial charge in [0.1, 0.15) is 0 Å². The highest BCUT2D eigenvalue weighted by molar-refractivity contribution is 7.09. The summed E-state index contributed by atoms with van der Waals surface area (Å²) in [5.74, 6) is -1.62. The normalized spacial score (nSPS) is 11.9. The number of aromatic nitrogens is 3. The Morgan fingerprint density at radius 3 is 2.54 bits per heavy atom. The van der Waals surface area contributed by atoms with Gasteiger partial charge in [-0.15, -0.1) is 11.3 Å². The Kier molecular flexibility index (Phi) is 5.48. The topological polar surface area (TPSA) is 140 Å². The van der Waals surface area contributed by atoms with Crippen molar-refractivity contribution in [1.29, 1.82) is 0 Å². The lowest BCUT2D eigenvalue weighted by Gasteiger charge is -2.10. The van der Waals surface area contributed by atoms with Gasteiger partial charge >= 0.3 is 17.8 Å². The largest absolute Gasteiger partial charge is 0.477 e. The Morgan fingerprint density at radius 1 is 1.11 bits per heavy atom. The molecular formula is C23H13F3N4O6S. The van der Waals surface area contributed by atoms with Crippen LogP contribution in [0.4, 0.5) is 18.9 Å². The van der Waals surface area contributed by atoms with E-state index in [2.05, 4.69) is 4.98 Å². The van der Waals surface area contributed by atoms with Crippen molar-refractivity contribution < 1.29 is 28.0 Å². The average Bonchev–Trinajstić information content (AvgIpc) is 3.41. The Labute approximate surface area is 206 Å². The summed E-state index contributed by atoms with van der Waals surface area (Å²) in [6.45, 7) is -0.307. The molecule has 2 aromatic carbocycles. The van der Waals surface area contributed by atoms with E-state index in [1.807, 2.05) is 0 Å². The standard InChI is InChI=1S/C23H13F3N4O6S/c24-23(25,26)12-4-5-17-14(7-12)18(29-20(31)15-9-37-10-16(15)27-22(29)34)19(21(32)33)28(17)8-11-2-1-3-13(6-11)30(35)36/h1-7,9-10H,8H2,(H,27,34)(H,32,33). The number of non-ortho nitro benzene ring substituents is 1. The molecule has 5 aromatic rings. The lowest BCUT2D eigenvalue weighted by molar-refractivity contribution is -0.384. The fourth-order valence-electron chi connectivity index (χ4n) is 4.22. The number of nitro benzene ring substituents is 1. The van der Waals surface area contributed by atoms with Crippen molar-refractivity contribution in [1.82, 2.24) is 14.1 Å². The summed E-state index contributed by atoms with van der Waals surface area (Å²) < 4.78 is 42.4. The maximum Gasteiger partial charge on any atom is 0.416 e. The summed E-state index contributed by atoms with van der Waals surface area (Å²) >= 11 is 1.10. The van der Waals surface area contributed by atoms with E-state index in [4.69, 9.17) is 0 Å².